The van der Waals surface area contributed by atoms with Gasteiger partial charge >= 0.3 is 6.03 Å². The molecular formula is C12H23N3OS. The number of piperidine rings is 1. The molecule has 0 aromatic rings. The molecule has 0 spiro atoms. The van der Waals surface area contributed by atoms with Crippen molar-refractivity contribution < 1.29 is 4.79 Å². The normalized spacial score (nSPS) is 16.7. The van der Waals surface area contributed by atoms with Crippen LogP contribution in [-0.4, -0.2) is 34.5 Å². The summed E-state index contributed by atoms with van der Waals surface area (Å²) in [6.45, 7) is 5.68. The van der Waals surface area contributed by atoms with Crippen LogP contribution in [0.3, 0.4) is 0 Å². The Labute approximate surface area is 109 Å². The van der Waals surface area contributed by atoms with Gasteiger partial charge in [-0.05, 0) is 32.1 Å². The number of thiocarbonyl (C=S) groups is 1. The van der Waals surface area contributed by atoms with Crippen molar-refractivity contribution in [2.24, 2.45) is 5.73 Å². The van der Waals surface area contributed by atoms with Crippen LogP contribution in [0.5, 0.6) is 0 Å². The SMILES string of the molecule is CCC(CC)(NC(=O)N1CCCCC1)C(N)=S. The molecule has 0 unspecified atom stereocenters. The molecule has 4 nitrogen and oxygen atoms in total. The number of amides is 2. The second-order valence-corrected chi connectivity index (χ2v) is 5.07. The maximum atomic E-state index is 12.1. The first-order valence-electron chi connectivity index (χ1n) is 6.42. The number of carbonyl (C=O) groups excluding carboxylic acids is 1. The Bertz CT molecular complexity index is 283. The Morgan fingerprint density at radius 1 is 1.29 bits per heavy atom. The summed E-state index contributed by atoms with van der Waals surface area (Å²) in [7, 11) is 0. The molecule has 1 saturated heterocycles. The number of nitrogens with two attached hydrogens (primary N) is 1. The average Bonchev–Trinajstić information content (AvgIpc) is 2.36. The van der Waals surface area contributed by atoms with E-state index in [4.69, 9.17) is 18.0 Å². The molecule has 0 aromatic carbocycles. The predicted molar refractivity (Wildman–Crippen MR) is 74.1 cm³/mol. The highest BCUT2D eigenvalue weighted by atomic mass is 32.1. The molecular weight excluding hydrogens is 234 g/mol. The Kier molecular flexibility index (Phi) is 5.18. The van der Waals surface area contributed by atoms with Gasteiger partial charge < -0.3 is 16.0 Å². The van der Waals surface area contributed by atoms with Crippen LogP contribution in [0, 0.1) is 0 Å². The van der Waals surface area contributed by atoms with Crippen molar-refractivity contribution in [3.05, 3.63) is 0 Å². The van der Waals surface area contributed by atoms with Gasteiger partial charge in [0.1, 0.15) is 0 Å². The van der Waals surface area contributed by atoms with E-state index in [2.05, 4.69) is 5.32 Å². The minimum absolute atomic E-state index is 0.0267. The summed E-state index contributed by atoms with van der Waals surface area (Å²) in [4.78, 5) is 14.4. The van der Waals surface area contributed by atoms with Gasteiger partial charge in [-0.1, -0.05) is 26.1 Å². The third kappa shape index (κ3) is 3.31. The van der Waals surface area contributed by atoms with Crippen molar-refractivity contribution in [3.63, 3.8) is 0 Å². The van der Waals surface area contributed by atoms with Gasteiger partial charge in [0.05, 0.1) is 10.5 Å². The molecule has 1 fully saturated rings. The fourth-order valence-corrected chi connectivity index (χ4v) is 2.56. The molecule has 98 valence electrons. The van der Waals surface area contributed by atoms with Gasteiger partial charge in [0.2, 0.25) is 0 Å². The highest BCUT2D eigenvalue weighted by Crippen LogP contribution is 2.17. The highest BCUT2D eigenvalue weighted by Gasteiger charge is 2.33. The number of rotatable bonds is 4. The van der Waals surface area contributed by atoms with Gasteiger partial charge in [-0.25, -0.2) is 4.79 Å². The smallest absolute Gasteiger partial charge is 0.318 e. The van der Waals surface area contributed by atoms with E-state index >= 15 is 0 Å². The van der Waals surface area contributed by atoms with Crippen molar-refractivity contribution in [3.8, 4) is 0 Å². The van der Waals surface area contributed by atoms with Crippen molar-refractivity contribution in [1.29, 1.82) is 0 Å². The largest absolute Gasteiger partial charge is 0.391 e. The zero-order valence-corrected chi connectivity index (χ0v) is 11.6. The van der Waals surface area contributed by atoms with E-state index in [1.165, 1.54) is 6.42 Å². The molecule has 1 rings (SSSR count). The molecule has 0 saturated carbocycles. The third-order valence-corrected chi connectivity index (χ3v) is 4.06. The molecule has 0 atom stereocenters. The molecule has 0 aliphatic carbocycles. The Morgan fingerprint density at radius 2 is 1.82 bits per heavy atom. The summed E-state index contributed by atoms with van der Waals surface area (Å²) >= 11 is 5.09. The Balaban J connectivity index is 2.66. The number of hydrogen-bond acceptors (Lipinski definition) is 2. The van der Waals surface area contributed by atoms with E-state index in [9.17, 15) is 4.79 Å². The summed E-state index contributed by atoms with van der Waals surface area (Å²) in [6.07, 6.45) is 4.86. The van der Waals surface area contributed by atoms with Crippen LogP contribution in [0.15, 0.2) is 0 Å². The molecule has 3 N–H and O–H groups in total. The molecule has 2 amide bonds. The lowest BCUT2D eigenvalue weighted by Crippen LogP contribution is -2.59. The van der Waals surface area contributed by atoms with Gasteiger partial charge in [0, 0.05) is 13.1 Å². The van der Waals surface area contributed by atoms with Gasteiger partial charge in [-0.3, -0.25) is 0 Å². The Morgan fingerprint density at radius 3 is 2.24 bits per heavy atom. The van der Waals surface area contributed by atoms with Crippen LogP contribution >= 0.6 is 12.2 Å². The number of likely N-dealkylation sites (tertiary alicyclic amines) is 1. The first-order valence-corrected chi connectivity index (χ1v) is 6.83. The predicted octanol–water partition coefficient (Wildman–Crippen LogP) is 2.03. The van der Waals surface area contributed by atoms with Gasteiger partial charge in [0.15, 0.2) is 0 Å². The molecule has 1 aliphatic heterocycles. The van der Waals surface area contributed by atoms with Crippen LogP contribution in [-0.2, 0) is 0 Å². The van der Waals surface area contributed by atoms with Crippen molar-refractivity contribution in [2.75, 3.05) is 13.1 Å². The molecule has 1 aliphatic rings. The van der Waals surface area contributed by atoms with Crippen LogP contribution in [0.25, 0.3) is 0 Å². The summed E-state index contributed by atoms with van der Waals surface area (Å²) < 4.78 is 0. The van der Waals surface area contributed by atoms with E-state index < -0.39 is 5.54 Å². The molecule has 0 bridgehead atoms. The lowest BCUT2D eigenvalue weighted by atomic mass is 9.93. The van der Waals surface area contributed by atoms with Gasteiger partial charge in [0.25, 0.3) is 0 Å². The first kappa shape index (κ1) is 14.2. The maximum absolute atomic E-state index is 12.1. The van der Waals surface area contributed by atoms with E-state index in [-0.39, 0.29) is 6.03 Å². The third-order valence-electron chi connectivity index (χ3n) is 3.67. The summed E-state index contributed by atoms with van der Waals surface area (Å²) in [5.74, 6) is 0. The number of hydrogen-bond donors (Lipinski definition) is 2. The fourth-order valence-electron chi connectivity index (χ4n) is 2.22. The molecule has 0 radical (unpaired) electrons. The van der Waals surface area contributed by atoms with Crippen LogP contribution < -0.4 is 11.1 Å². The van der Waals surface area contributed by atoms with Crippen molar-refractivity contribution in [2.45, 2.75) is 51.5 Å². The molecule has 5 heteroatoms. The minimum atomic E-state index is -0.524. The quantitative estimate of drug-likeness (QED) is 0.758. The lowest BCUT2D eigenvalue weighted by Gasteiger charge is -2.35. The maximum Gasteiger partial charge on any atom is 0.318 e. The number of carbonyl (C=O) groups is 1. The fraction of sp³-hybridized carbons (Fsp3) is 0.833. The van der Waals surface area contributed by atoms with Crippen LogP contribution in [0.4, 0.5) is 4.79 Å². The summed E-state index contributed by atoms with van der Waals surface area (Å²) in [5, 5.41) is 3.02. The zero-order chi connectivity index (χ0) is 12.9. The summed E-state index contributed by atoms with van der Waals surface area (Å²) in [5.41, 5.74) is 5.24. The zero-order valence-electron chi connectivity index (χ0n) is 10.8. The monoisotopic (exact) mass is 257 g/mol. The second kappa shape index (κ2) is 6.19. The highest BCUT2D eigenvalue weighted by molar-refractivity contribution is 7.80. The van der Waals surface area contributed by atoms with E-state index in [1.807, 2.05) is 18.7 Å². The molecule has 0 aromatic heterocycles. The van der Waals surface area contributed by atoms with Crippen molar-refractivity contribution >= 4 is 23.2 Å². The van der Waals surface area contributed by atoms with E-state index in [0.29, 0.717) is 4.99 Å². The number of nitrogens with zero attached hydrogens (tertiary/aromatic N) is 1. The number of nitrogens with one attached hydrogen (secondary N) is 1. The van der Waals surface area contributed by atoms with Crippen LogP contribution in [0.1, 0.15) is 46.0 Å². The van der Waals surface area contributed by atoms with E-state index in [0.717, 1.165) is 38.8 Å². The summed E-state index contributed by atoms with van der Waals surface area (Å²) in [6, 6.07) is -0.0267. The Hall–Kier alpha value is -0.840. The van der Waals surface area contributed by atoms with E-state index in [1.54, 1.807) is 0 Å². The first-order chi connectivity index (χ1) is 8.05. The van der Waals surface area contributed by atoms with Gasteiger partial charge in [-0.15, -0.1) is 0 Å². The standard InChI is InChI=1S/C12H23N3OS/c1-3-12(4-2,10(13)17)14-11(16)15-8-6-5-7-9-15/h3-9H2,1-2H3,(H2,13,17)(H,14,16). The molecule has 17 heavy (non-hydrogen) atoms. The van der Waals surface area contributed by atoms with Crippen LogP contribution in [0.2, 0.25) is 0 Å². The molecule has 1 heterocycles. The average molecular weight is 257 g/mol. The van der Waals surface area contributed by atoms with Crippen molar-refractivity contribution in [1.82, 2.24) is 10.2 Å². The lowest BCUT2D eigenvalue weighted by molar-refractivity contribution is 0.177. The minimum Gasteiger partial charge on any atom is -0.391 e. The second-order valence-electron chi connectivity index (χ2n) is 4.63. The topological polar surface area (TPSA) is 58.4 Å². The van der Waals surface area contributed by atoms with Gasteiger partial charge in [-0.2, -0.15) is 0 Å². The number of urea groups is 1.